The minimum absolute atomic E-state index is 0.0155. The van der Waals surface area contributed by atoms with E-state index in [0.29, 0.717) is 51.4 Å². The van der Waals surface area contributed by atoms with Crippen molar-refractivity contribution in [2.75, 3.05) is 39.5 Å². The summed E-state index contributed by atoms with van der Waals surface area (Å²) in [6, 6.07) is 0. The molecule has 0 aliphatic rings. The van der Waals surface area contributed by atoms with E-state index in [1.807, 2.05) is 0 Å². The normalized spacial score (nSPS) is 12.1. The molecule has 0 aromatic carbocycles. The summed E-state index contributed by atoms with van der Waals surface area (Å²) in [5, 5.41) is 9.66. The molecule has 0 aliphatic heterocycles. The van der Waals surface area contributed by atoms with Gasteiger partial charge in [-0.3, -0.25) is 19.3 Å². The van der Waals surface area contributed by atoms with Gasteiger partial charge in [0.25, 0.3) is 0 Å². The Hall–Kier alpha value is -1.67. The number of unbranched alkanes of at least 4 members (excludes halogenated alkanes) is 12. The summed E-state index contributed by atoms with van der Waals surface area (Å²) in [6.07, 6.45) is 20.8. The lowest BCUT2D eigenvalue weighted by Gasteiger charge is -2.27. The van der Waals surface area contributed by atoms with E-state index in [9.17, 15) is 19.5 Å². The molecule has 0 amide bonds. The molecule has 266 valence electrons. The molecule has 0 saturated carbocycles. The van der Waals surface area contributed by atoms with Crippen LogP contribution in [0, 0.1) is 5.92 Å². The highest BCUT2D eigenvalue weighted by Crippen LogP contribution is 2.19. The largest absolute Gasteiger partial charge is 0.465 e. The zero-order chi connectivity index (χ0) is 33.4. The van der Waals surface area contributed by atoms with Crippen molar-refractivity contribution in [3.63, 3.8) is 0 Å². The molecule has 0 bridgehead atoms. The smallest absolute Gasteiger partial charge is 0.306 e. The van der Waals surface area contributed by atoms with E-state index in [-0.39, 0.29) is 31.1 Å². The van der Waals surface area contributed by atoms with Crippen LogP contribution < -0.4 is 0 Å². The number of hydrogen-bond acceptors (Lipinski definition) is 8. The molecule has 0 rings (SSSR count). The first-order chi connectivity index (χ1) is 21.9. The third-order valence-electron chi connectivity index (χ3n) is 8.34. The summed E-state index contributed by atoms with van der Waals surface area (Å²) in [5.41, 5.74) is 0. The summed E-state index contributed by atoms with van der Waals surface area (Å²) in [6.45, 7) is 10.7. The van der Waals surface area contributed by atoms with E-state index in [1.54, 1.807) is 0 Å². The van der Waals surface area contributed by atoms with E-state index in [0.717, 1.165) is 70.6 Å². The molecule has 8 heteroatoms. The third-order valence-corrected chi connectivity index (χ3v) is 8.34. The highest BCUT2D eigenvalue weighted by molar-refractivity contribution is 5.70. The van der Waals surface area contributed by atoms with Gasteiger partial charge in [-0.2, -0.15) is 0 Å². The van der Waals surface area contributed by atoms with Crippen molar-refractivity contribution in [1.82, 2.24) is 4.90 Å². The molecule has 0 radical (unpaired) electrons. The van der Waals surface area contributed by atoms with Crippen LogP contribution in [0.5, 0.6) is 0 Å². The number of ether oxygens (including phenoxy) is 3. The van der Waals surface area contributed by atoms with Crippen LogP contribution in [0.15, 0.2) is 0 Å². The van der Waals surface area contributed by atoms with Gasteiger partial charge in [0, 0.05) is 32.4 Å². The van der Waals surface area contributed by atoms with Crippen LogP contribution in [-0.4, -0.2) is 73.5 Å². The van der Waals surface area contributed by atoms with Gasteiger partial charge < -0.3 is 19.3 Å². The molecule has 1 atom stereocenters. The zero-order valence-electron chi connectivity index (χ0n) is 29.8. The fourth-order valence-electron chi connectivity index (χ4n) is 5.48. The summed E-state index contributed by atoms with van der Waals surface area (Å²) >= 11 is 0. The maximum Gasteiger partial charge on any atom is 0.306 e. The maximum absolute atomic E-state index is 12.5. The number of esters is 3. The predicted octanol–water partition coefficient (Wildman–Crippen LogP) is 8.56. The highest BCUT2D eigenvalue weighted by atomic mass is 16.6. The van der Waals surface area contributed by atoms with Crippen LogP contribution in [0.1, 0.15) is 169 Å². The monoisotopic (exact) mass is 642 g/mol. The Morgan fingerprint density at radius 1 is 0.556 bits per heavy atom. The van der Waals surface area contributed by atoms with Gasteiger partial charge in [-0.1, -0.05) is 111 Å². The minimum atomic E-state index is -0.576. The lowest BCUT2D eigenvalue weighted by Crippen LogP contribution is -2.40. The fourth-order valence-corrected chi connectivity index (χ4v) is 5.48. The van der Waals surface area contributed by atoms with Crippen LogP contribution in [0.25, 0.3) is 0 Å². The van der Waals surface area contributed by atoms with E-state index < -0.39 is 6.10 Å². The van der Waals surface area contributed by atoms with Gasteiger partial charge in [-0.05, 0) is 51.0 Å². The van der Waals surface area contributed by atoms with E-state index >= 15 is 0 Å². The second-order valence-electron chi connectivity index (χ2n) is 12.8. The van der Waals surface area contributed by atoms with Crippen molar-refractivity contribution in [3.8, 4) is 0 Å². The lowest BCUT2D eigenvalue weighted by atomic mass is 9.95. The average Bonchev–Trinajstić information content (AvgIpc) is 3.02. The van der Waals surface area contributed by atoms with Crippen molar-refractivity contribution in [3.05, 3.63) is 0 Å². The molecule has 0 aromatic rings. The Morgan fingerprint density at radius 3 is 1.56 bits per heavy atom. The number of hydrogen-bond donors (Lipinski definition) is 1. The van der Waals surface area contributed by atoms with Gasteiger partial charge in [0.1, 0.15) is 12.7 Å². The summed E-state index contributed by atoms with van der Waals surface area (Å²) in [4.78, 5) is 39.2. The Morgan fingerprint density at radius 2 is 1.02 bits per heavy atom. The van der Waals surface area contributed by atoms with Gasteiger partial charge in [-0.25, -0.2) is 0 Å². The predicted molar refractivity (Wildman–Crippen MR) is 183 cm³/mol. The van der Waals surface area contributed by atoms with Crippen LogP contribution in [0.4, 0.5) is 0 Å². The topological polar surface area (TPSA) is 102 Å². The molecular weight excluding hydrogens is 570 g/mol. The first kappa shape index (κ1) is 43.3. The fraction of sp³-hybridized carbons (Fsp3) is 0.919. The van der Waals surface area contributed by atoms with E-state index in [2.05, 4.69) is 32.6 Å². The second-order valence-corrected chi connectivity index (χ2v) is 12.8. The highest BCUT2D eigenvalue weighted by Gasteiger charge is 2.21. The van der Waals surface area contributed by atoms with Gasteiger partial charge in [0.05, 0.1) is 13.2 Å². The molecule has 8 nitrogen and oxygen atoms in total. The molecular formula is C37H71NO7. The van der Waals surface area contributed by atoms with Crippen LogP contribution in [0.2, 0.25) is 0 Å². The van der Waals surface area contributed by atoms with Crippen molar-refractivity contribution >= 4 is 17.9 Å². The van der Waals surface area contributed by atoms with Gasteiger partial charge in [0.15, 0.2) is 0 Å². The van der Waals surface area contributed by atoms with Crippen molar-refractivity contribution in [1.29, 1.82) is 0 Å². The maximum atomic E-state index is 12.5. The summed E-state index contributed by atoms with van der Waals surface area (Å²) < 4.78 is 16.9. The molecule has 0 saturated heterocycles. The number of aliphatic hydroxyl groups excluding tert-OH is 1. The summed E-state index contributed by atoms with van der Waals surface area (Å²) in [5.74, 6) is -0.179. The number of carbonyl (C=O) groups excluding carboxylic acids is 3. The number of rotatable bonds is 33. The molecule has 0 aliphatic carbocycles. The lowest BCUT2D eigenvalue weighted by molar-refractivity contribution is -0.160. The molecule has 0 aromatic heterocycles. The van der Waals surface area contributed by atoms with Crippen LogP contribution in [0.3, 0.4) is 0 Å². The molecule has 1 N–H and O–H groups in total. The van der Waals surface area contributed by atoms with Crippen molar-refractivity contribution in [2.45, 2.75) is 175 Å². The standard InChI is InChI=1S/C37H71NO7/c1-5-9-13-18-22-33(23-19-14-10-6-2)31-43-35(40)25-20-15-21-27-38(28-29-39)30-34(45-37(42)26-17-12-8-4)32-44-36(41)24-16-11-7-3/h33-34,39H,5-32H2,1-4H3. The Kier molecular flexibility index (Phi) is 31.1. The molecule has 45 heavy (non-hydrogen) atoms. The first-order valence-electron chi connectivity index (χ1n) is 18.7. The van der Waals surface area contributed by atoms with Crippen LogP contribution >= 0.6 is 0 Å². The Labute approximate surface area is 276 Å². The van der Waals surface area contributed by atoms with Crippen LogP contribution in [-0.2, 0) is 28.6 Å². The van der Waals surface area contributed by atoms with Gasteiger partial charge >= 0.3 is 17.9 Å². The SMILES string of the molecule is CCCCCCC(CCCCCC)COC(=O)CCCCCN(CCO)CC(COC(=O)CCCCC)OC(=O)CCCCC. The zero-order valence-corrected chi connectivity index (χ0v) is 29.8. The summed E-state index contributed by atoms with van der Waals surface area (Å²) in [7, 11) is 0. The van der Waals surface area contributed by atoms with E-state index in [4.69, 9.17) is 14.2 Å². The Bertz CT molecular complexity index is 690. The first-order valence-corrected chi connectivity index (χ1v) is 18.7. The number of nitrogens with zero attached hydrogens (tertiary/aromatic N) is 1. The third kappa shape index (κ3) is 28.3. The van der Waals surface area contributed by atoms with Crippen molar-refractivity contribution < 1.29 is 33.7 Å². The molecule has 1 unspecified atom stereocenters. The van der Waals surface area contributed by atoms with Gasteiger partial charge in [0.2, 0.25) is 0 Å². The minimum Gasteiger partial charge on any atom is -0.465 e. The van der Waals surface area contributed by atoms with Crippen molar-refractivity contribution in [2.24, 2.45) is 5.92 Å². The van der Waals surface area contributed by atoms with E-state index in [1.165, 1.54) is 51.4 Å². The quantitative estimate of drug-likeness (QED) is 0.0432. The molecule has 0 heterocycles. The van der Waals surface area contributed by atoms with Gasteiger partial charge in [-0.15, -0.1) is 0 Å². The Balaban J connectivity index is 4.68. The number of aliphatic hydroxyl groups is 1. The second kappa shape index (κ2) is 32.3. The molecule has 0 fully saturated rings. The molecule has 0 spiro atoms. The number of carbonyl (C=O) groups is 3. The average molecular weight is 642 g/mol.